The van der Waals surface area contributed by atoms with Gasteiger partial charge in [0.05, 0.1) is 33.3 Å². The molecule has 0 aliphatic rings. The van der Waals surface area contributed by atoms with Crippen molar-refractivity contribution in [3.63, 3.8) is 0 Å². The Kier molecular flexibility index (Phi) is 9.38. The molecule has 3 N–H and O–H groups in total. The van der Waals surface area contributed by atoms with E-state index in [0.29, 0.717) is 5.69 Å². The minimum Gasteiger partial charge on any atom is -0.508 e. The van der Waals surface area contributed by atoms with E-state index in [9.17, 15) is 27.3 Å². The van der Waals surface area contributed by atoms with E-state index < -0.39 is 44.3 Å². The van der Waals surface area contributed by atoms with Crippen molar-refractivity contribution >= 4 is 55.8 Å². The average Bonchev–Trinajstić information content (AvgIpc) is 2.88. The number of benzene rings is 3. The van der Waals surface area contributed by atoms with Crippen LogP contribution in [0, 0.1) is 5.41 Å². The summed E-state index contributed by atoms with van der Waals surface area (Å²) in [6, 6.07) is 14.7. The number of hydrogen-bond donors (Lipinski definition) is 3. The number of phenolic OH excluding ortho intramolecular Hbond substituents is 1. The van der Waals surface area contributed by atoms with Crippen LogP contribution in [0.2, 0.25) is 5.02 Å². The van der Waals surface area contributed by atoms with Crippen molar-refractivity contribution < 1.29 is 36.2 Å². The number of ketones is 1. The molecule has 1 amide bonds. The summed E-state index contributed by atoms with van der Waals surface area (Å²) in [4.78, 5) is 26.4. The third-order valence-electron chi connectivity index (χ3n) is 5.33. The van der Waals surface area contributed by atoms with Gasteiger partial charge in [0.15, 0.2) is 5.78 Å². The predicted molar refractivity (Wildman–Crippen MR) is 148 cm³/mol. The number of ether oxygens (including phenoxy) is 1. The Morgan fingerprint density at radius 2 is 1.54 bits per heavy atom. The molecule has 0 saturated carbocycles. The molecule has 3 aromatic carbocycles. The molecule has 208 valence electrons. The maximum Gasteiger partial charge on any atom is 0.273 e. The molecular weight excluding hydrogens is 568 g/mol. The molecule has 10 nitrogen and oxygen atoms in total. The number of halogens is 1. The van der Waals surface area contributed by atoms with Gasteiger partial charge in [-0.1, -0.05) is 32.4 Å². The number of carbonyl (C=O) groups is 2. The van der Waals surface area contributed by atoms with E-state index in [-0.39, 0.29) is 32.0 Å². The molecule has 0 radical (unpaired) electrons. The summed E-state index contributed by atoms with van der Waals surface area (Å²) in [5, 5.41) is 12.1. The molecule has 2 atom stereocenters. The summed E-state index contributed by atoms with van der Waals surface area (Å²) < 4.78 is 50.4. The summed E-state index contributed by atoms with van der Waals surface area (Å²) in [5.74, 6) is -1.34. The number of aromatic hydroxyl groups is 1. The number of sulfone groups is 1. The third-order valence-corrected chi connectivity index (χ3v) is 8.15. The molecule has 13 heteroatoms. The van der Waals surface area contributed by atoms with Gasteiger partial charge >= 0.3 is 0 Å². The van der Waals surface area contributed by atoms with Gasteiger partial charge in [-0.15, -0.1) is 0 Å². The van der Waals surface area contributed by atoms with Crippen LogP contribution in [-0.4, -0.2) is 42.6 Å². The zero-order valence-corrected chi connectivity index (χ0v) is 23.8. The Labute approximate surface area is 234 Å². The number of Topliss-reactive ketones (excluding diaryl/α,β-unsaturated/α-hetero) is 1. The third kappa shape index (κ3) is 7.57. The lowest BCUT2D eigenvalue weighted by atomic mass is 9.87. The van der Waals surface area contributed by atoms with E-state index in [1.165, 1.54) is 73.8 Å². The summed E-state index contributed by atoms with van der Waals surface area (Å²) in [5.41, 5.74) is -0.502. The molecule has 0 heterocycles. The van der Waals surface area contributed by atoms with Crippen molar-refractivity contribution in [2.75, 3.05) is 17.1 Å². The first-order chi connectivity index (χ1) is 18.2. The summed E-state index contributed by atoms with van der Waals surface area (Å²) in [7, 11) is -2.63. The van der Waals surface area contributed by atoms with Crippen LogP contribution >= 0.6 is 11.6 Å². The van der Waals surface area contributed by atoms with Crippen LogP contribution in [-0.2, 0) is 34.9 Å². The van der Waals surface area contributed by atoms with Crippen molar-refractivity contribution in [2.24, 2.45) is 5.41 Å². The van der Waals surface area contributed by atoms with E-state index in [4.69, 9.17) is 16.3 Å². The highest BCUT2D eigenvalue weighted by molar-refractivity contribution is 7.91. The Balaban J connectivity index is 1.86. The van der Waals surface area contributed by atoms with Crippen LogP contribution < -0.4 is 14.8 Å². The van der Waals surface area contributed by atoms with Gasteiger partial charge in [-0.05, 0) is 66.7 Å². The summed E-state index contributed by atoms with van der Waals surface area (Å²) in [6.45, 7) is 4.89. The van der Waals surface area contributed by atoms with Crippen LogP contribution in [0.4, 0.5) is 11.4 Å². The Morgan fingerprint density at radius 1 is 0.974 bits per heavy atom. The monoisotopic (exact) mass is 594 g/mol. The van der Waals surface area contributed by atoms with Crippen molar-refractivity contribution in [2.45, 2.75) is 36.7 Å². The Bertz CT molecular complexity index is 1490. The standard InChI is InChI=1S/C26H27ClN2O8S2/c1-26(2,3)24(31)23(25(32)28-22-15-16(5-14-21(22)27)29-38(33)36-4)37-18-8-12-20(13-9-18)39(34,35)19-10-6-17(30)7-11-19/h5-15,23,29-30H,1-4H3,(H,28,32). The van der Waals surface area contributed by atoms with Crippen molar-refractivity contribution in [1.29, 1.82) is 0 Å². The van der Waals surface area contributed by atoms with Crippen LogP contribution in [0.3, 0.4) is 0 Å². The van der Waals surface area contributed by atoms with Crippen molar-refractivity contribution in [3.8, 4) is 11.5 Å². The van der Waals surface area contributed by atoms with Gasteiger partial charge in [-0.2, -0.15) is 0 Å². The maximum atomic E-state index is 13.2. The average molecular weight is 595 g/mol. The number of amides is 1. The smallest absolute Gasteiger partial charge is 0.273 e. The number of hydrogen-bond acceptors (Lipinski definition) is 8. The van der Waals surface area contributed by atoms with Gasteiger partial charge in [0.2, 0.25) is 15.9 Å². The van der Waals surface area contributed by atoms with E-state index >= 15 is 0 Å². The topological polar surface area (TPSA) is 148 Å². The van der Waals surface area contributed by atoms with Gasteiger partial charge in [0.1, 0.15) is 11.5 Å². The molecule has 0 aromatic heterocycles. The second kappa shape index (κ2) is 12.2. The van der Waals surface area contributed by atoms with E-state index in [0.717, 1.165) is 0 Å². The Hall–Kier alpha value is -3.45. The molecule has 0 spiro atoms. The molecular formula is C26H27ClN2O8S2. The van der Waals surface area contributed by atoms with Crippen LogP contribution in [0.5, 0.6) is 11.5 Å². The zero-order chi connectivity index (χ0) is 29.0. The molecule has 0 bridgehead atoms. The SMILES string of the molecule is COS(=O)Nc1ccc(Cl)c(NC(=O)C(Oc2ccc(S(=O)(=O)c3ccc(O)cc3)cc2)C(=O)C(C)(C)C)c1. The van der Waals surface area contributed by atoms with Crippen LogP contribution in [0.1, 0.15) is 20.8 Å². The largest absolute Gasteiger partial charge is 0.508 e. The second-order valence-corrected chi connectivity index (χ2v) is 12.6. The molecule has 0 fully saturated rings. The minimum atomic E-state index is -3.88. The second-order valence-electron chi connectivity index (χ2n) is 9.27. The van der Waals surface area contributed by atoms with Gasteiger partial charge in [0, 0.05) is 5.41 Å². The Morgan fingerprint density at radius 3 is 2.08 bits per heavy atom. The number of nitrogens with one attached hydrogen (secondary N) is 2. The first-order valence-corrected chi connectivity index (χ1v) is 14.3. The molecule has 3 aromatic rings. The van der Waals surface area contributed by atoms with E-state index in [2.05, 4.69) is 14.2 Å². The fraction of sp³-hybridized carbons (Fsp3) is 0.231. The highest BCUT2D eigenvalue weighted by Crippen LogP contribution is 2.29. The maximum absolute atomic E-state index is 13.2. The molecule has 2 unspecified atom stereocenters. The van der Waals surface area contributed by atoms with Crippen molar-refractivity contribution in [3.05, 3.63) is 71.8 Å². The molecule has 0 aliphatic carbocycles. The number of anilines is 2. The number of carbonyl (C=O) groups excluding carboxylic acids is 2. The van der Waals surface area contributed by atoms with Crippen molar-refractivity contribution in [1.82, 2.24) is 0 Å². The normalized spacial score (nSPS) is 13.3. The van der Waals surface area contributed by atoms with Gasteiger partial charge in [0.25, 0.3) is 17.2 Å². The lowest BCUT2D eigenvalue weighted by Crippen LogP contribution is -2.45. The summed E-state index contributed by atoms with van der Waals surface area (Å²) >= 11 is 4.40. The van der Waals surface area contributed by atoms with Gasteiger partial charge in [-0.3, -0.25) is 18.5 Å². The van der Waals surface area contributed by atoms with Crippen LogP contribution in [0.15, 0.2) is 76.5 Å². The van der Waals surface area contributed by atoms with E-state index in [1.807, 2.05) is 0 Å². The molecule has 39 heavy (non-hydrogen) atoms. The summed E-state index contributed by atoms with van der Waals surface area (Å²) in [6.07, 6.45) is -1.61. The lowest BCUT2D eigenvalue weighted by molar-refractivity contribution is -0.140. The van der Waals surface area contributed by atoms with Crippen LogP contribution in [0.25, 0.3) is 0 Å². The first kappa shape index (κ1) is 30.1. The number of phenols is 1. The first-order valence-electron chi connectivity index (χ1n) is 11.4. The number of rotatable bonds is 10. The van der Waals surface area contributed by atoms with Gasteiger partial charge in [-0.25, -0.2) is 12.6 Å². The molecule has 3 rings (SSSR count). The van der Waals surface area contributed by atoms with E-state index in [1.54, 1.807) is 20.8 Å². The highest BCUT2D eigenvalue weighted by atomic mass is 35.5. The minimum absolute atomic E-state index is 0.0166. The highest BCUT2D eigenvalue weighted by Gasteiger charge is 2.37. The fourth-order valence-electron chi connectivity index (χ4n) is 3.23. The lowest BCUT2D eigenvalue weighted by Gasteiger charge is -2.25. The predicted octanol–water partition coefficient (Wildman–Crippen LogP) is 4.52. The molecule has 0 aliphatic heterocycles. The fourth-order valence-corrected chi connectivity index (χ4v) is 5.06. The molecule has 0 saturated heterocycles. The quantitative estimate of drug-likeness (QED) is 0.290. The zero-order valence-electron chi connectivity index (χ0n) is 21.4. The van der Waals surface area contributed by atoms with Gasteiger partial charge < -0.3 is 15.2 Å².